The first-order chi connectivity index (χ1) is 18.3. The smallest absolute Gasteiger partial charge is 0.339 e. The van der Waals surface area contributed by atoms with Crippen molar-refractivity contribution in [1.29, 1.82) is 0 Å². The average molecular weight is 545 g/mol. The van der Waals surface area contributed by atoms with Crippen LogP contribution >= 0.6 is 0 Å². The average Bonchev–Trinajstić information content (AvgIpc) is 3.33. The lowest BCUT2D eigenvalue weighted by Crippen LogP contribution is -2.75. The number of furan rings is 1. The van der Waals surface area contributed by atoms with Crippen molar-refractivity contribution in [3.05, 3.63) is 36.3 Å². The van der Waals surface area contributed by atoms with Crippen molar-refractivity contribution >= 4 is 17.9 Å². The molecule has 39 heavy (non-hydrogen) atoms. The van der Waals surface area contributed by atoms with Crippen molar-refractivity contribution in [2.75, 3.05) is 13.7 Å². The molecular formula is C29H36O10. The Labute approximate surface area is 226 Å². The van der Waals surface area contributed by atoms with Gasteiger partial charge in [-0.15, -0.1) is 0 Å². The second kappa shape index (κ2) is 8.17. The van der Waals surface area contributed by atoms with Crippen LogP contribution in [0.4, 0.5) is 0 Å². The minimum atomic E-state index is -1.18. The molecular weight excluding hydrogens is 508 g/mol. The van der Waals surface area contributed by atoms with E-state index in [1.807, 2.05) is 27.7 Å². The van der Waals surface area contributed by atoms with Crippen LogP contribution < -0.4 is 0 Å². The molecule has 0 unspecified atom stereocenters. The molecule has 2 saturated carbocycles. The van der Waals surface area contributed by atoms with Gasteiger partial charge in [0.1, 0.15) is 17.8 Å². The summed E-state index contributed by atoms with van der Waals surface area (Å²) in [5.41, 5.74) is -3.82. The van der Waals surface area contributed by atoms with E-state index in [2.05, 4.69) is 0 Å². The van der Waals surface area contributed by atoms with E-state index in [0.717, 1.165) is 0 Å². The van der Waals surface area contributed by atoms with Crippen LogP contribution in [-0.2, 0) is 38.1 Å². The van der Waals surface area contributed by atoms with Gasteiger partial charge in [-0.2, -0.15) is 0 Å². The van der Waals surface area contributed by atoms with Crippen LogP contribution in [0, 0.1) is 28.1 Å². The van der Waals surface area contributed by atoms with E-state index in [0.29, 0.717) is 18.4 Å². The van der Waals surface area contributed by atoms with Crippen LogP contribution in [0.15, 0.2) is 35.2 Å². The van der Waals surface area contributed by atoms with Gasteiger partial charge in [-0.05, 0) is 38.7 Å². The molecule has 1 N–H and O–H groups in total. The zero-order valence-electron chi connectivity index (χ0n) is 23.1. The van der Waals surface area contributed by atoms with E-state index in [-0.39, 0.29) is 12.5 Å². The second-order valence-corrected chi connectivity index (χ2v) is 12.8. The minimum Gasteiger partial charge on any atom is -0.472 e. The molecule has 2 aliphatic carbocycles. The maximum atomic E-state index is 13.4. The monoisotopic (exact) mass is 544 g/mol. The molecule has 0 radical (unpaired) electrons. The zero-order chi connectivity index (χ0) is 28.2. The summed E-state index contributed by atoms with van der Waals surface area (Å²) in [4.78, 5) is 38.3. The number of cyclic esters (lactones) is 1. The highest BCUT2D eigenvalue weighted by Crippen LogP contribution is 2.80. The summed E-state index contributed by atoms with van der Waals surface area (Å²) in [6.45, 7) is 9.33. The fourth-order valence-electron chi connectivity index (χ4n) is 9.39. The first-order valence-electron chi connectivity index (χ1n) is 13.5. The van der Waals surface area contributed by atoms with Gasteiger partial charge >= 0.3 is 17.9 Å². The van der Waals surface area contributed by atoms with Crippen LogP contribution in [0.2, 0.25) is 0 Å². The molecule has 3 aliphatic heterocycles. The number of hydrogen-bond acceptors (Lipinski definition) is 10. The molecule has 10 heteroatoms. The van der Waals surface area contributed by atoms with Gasteiger partial charge in [0.25, 0.3) is 0 Å². The van der Waals surface area contributed by atoms with E-state index in [1.54, 1.807) is 18.4 Å². The van der Waals surface area contributed by atoms with Crippen molar-refractivity contribution < 1.29 is 47.6 Å². The lowest BCUT2D eigenvalue weighted by Gasteiger charge is -2.67. The molecule has 5 aliphatic rings. The number of aliphatic hydroxyl groups excluding tert-OH is 1. The summed E-state index contributed by atoms with van der Waals surface area (Å²) in [5.74, 6) is -2.38. The number of rotatable bonds is 4. The van der Waals surface area contributed by atoms with E-state index in [4.69, 9.17) is 28.1 Å². The normalized spacial score (nSPS) is 47.3. The lowest BCUT2D eigenvalue weighted by atomic mass is 9.37. The molecule has 1 aromatic rings. The molecule has 1 aromatic heterocycles. The van der Waals surface area contributed by atoms with Crippen molar-refractivity contribution in [3.63, 3.8) is 0 Å². The van der Waals surface area contributed by atoms with E-state index < -0.39 is 75.7 Å². The molecule has 10 atom stereocenters. The number of methoxy groups -OCH3 is 1. The molecule has 10 nitrogen and oxygen atoms in total. The Morgan fingerprint density at radius 1 is 1.18 bits per heavy atom. The third-order valence-corrected chi connectivity index (χ3v) is 10.8. The summed E-state index contributed by atoms with van der Waals surface area (Å²) in [6, 6.07) is 1.78. The standard InChI is InChI=1S/C29H36O10/c1-15(30)37-22-19(32)20-25(2,3)36-14-28(20,11-8-18(31)34-6)17-7-10-26(4)21(16-9-12-35-13-16)38-24(33)23-29(26,39-23)27(17,22)5/h8-9,11-13,17,19-23,32H,7,10,14H2,1-6H3/t17-,19-,20+,21-,22+,23+,26+,27+,28-,29+/m1/s1. The van der Waals surface area contributed by atoms with Gasteiger partial charge in [0.15, 0.2) is 6.10 Å². The summed E-state index contributed by atoms with van der Waals surface area (Å²) in [6.07, 6.45) is 3.78. The number of aliphatic hydroxyl groups is 1. The number of esters is 3. The van der Waals surface area contributed by atoms with Crippen molar-refractivity contribution in [3.8, 4) is 0 Å². The van der Waals surface area contributed by atoms with Gasteiger partial charge < -0.3 is 33.2 Å². The zero-order valence-corrected chi connectivity index (χ0v) is 23.1. The van der Waals surface area contributed by atoms with Crippen molar-refractivity contribution in [2.45, 2.75) is 83.1 Å². The van der Waals surface area contributed by atoms with E-state index >= 15 is 0 Å². The largest absolute Gasteiger partial charge is 0.472 e. The van der Waals surface area contributed by atoms with Crippen LogP contribution in [0.3, 0.4) is 0 Å². The molecule has 5 fully saturated rings. The first kappa shape index (κ1) is 26.5. The molecule has 3 saturated heterocycles. The Morgan fingerprint density at radius 2 is 1.92 bits per heavy atom. The molecule has 212 valence electrons. The van der Waals surface area contributed by atoms with Crippen LogP contribution in [0.1, 0.15) is 59.1 Å². The Morgan fingerprint density at radius 3 is 2.56 bits per heavy atom. The third-order valence-electron chi connectivity index (χ3n) is 10.8. The molecule has 1 spiro atoms. The number of carbonyl (C=O) groups is 3. The van der Waals surface area contributed by atoms with Gasteiger partial charge in [0, 0.05) is 40.7 Å². The third kappa shape index (κ3) is 3.11. The molecule has 0 aromatic carbocycles. The quantitative estimate of drug-likeness (QED) is 0.261. The highest BCUT2D eigenvalue weighted by Gasteiger charge is 2.90. The Hall–Kier alpha value is -2.69. The van der Waals surface area contributed by atoms with Gasteiger partial charge in [-0.3, -0.25) is 4.79 Å². The first-order valence-corrected chi connectivity index (χ1v) is 13.5. The number of hydrogen-bond donors (Lipinski definition) is 1. The fraction of sp³-hybridized carbons (Fsp3) is 0.690. The summed E-state index contributed by atoms with van der Waals surface area (Å²) < 4.78 is 35.0. The van der Waals surface area contributed by atoms with Gasteiger partial charge in [0.2, 0.25) is 0 Å². The number of epoxide rings is 1. The van der Waals surface area contributed by atoms with Crippen LogP contribution in [-0.4, -0.2) is 66.2 Å². The Balaban J connectivity index is 1.58. The van der Waals surface area contributed by atoms with Crippen LogP contribution in [0.25, 0.3) is 0 Å². The van der Waals surface area contributed by atoms with E-state index in [1.165, 1.54) is 26.4 Å². The predicted molar refractivity (Wildman–Crippen MR) is 133 cm³/mol. The van der Waals surface area contributed by atoms with Crippen molar-refractivity contribution in [2.24, 2.45) is 28.1 Å². The Kier molecular flexibility index (Phi) is 5.56. The summed E-state index contributed by atoms with van der Waals surface area (Å²) in [5, 5.41) is 12.1. The van der Waals surface area contributed by atoms with Gasteiger partial charge in [0.05, 0.1) is 37.9 Å². The highest BCUT2D eigenvalue weighted by atomic mass is 16.7. The molecule has 4 heterocycles. The van der Waals surface area contributed by atoms with Gasteiger partial charge in [-0.25, -0.2) is 9.59 Å². The number of ether oxygens (including phenoxy) is 5. The summed E-state index contributed by atoms with van der Waals surface area (Å²) in [7, 11) is 1.31. The molecule has 0 amide bonds. The van der Waals surface area contributed by atoms with Gasteiger partial charge in [-0.1, -0.05) is 19.9 Å². The second-order valence-electron chi connectivity index (χ2n) is 12.8. The van der Waals surface area contributed by atoms with Crippen molar-refractivity contribution in [1.82, 2.24) is 0 Å². The maximum absolute atomic E-state index is 13.4. The summed E-state index contributed by atoms with van der Waals surface area (Å²) >= 11 is 0. The lowest BCUT2D eigenvalue weighted by molar-refractivity contribution is -0.271. The molecule has 6 rings (SSSR count). The predicted octanol–water partition coefficient (Wildman–Crippen LogP) is 2.88. The molecule has 0 bridgehead atoms. The van der Waals surface area contributed by atoms with Crippen LogP contribution in [0.5, 0.6) is 0 Å². The number of fused-ring (bicyclic) bond motifs is 3. The maximum Gasteiger partial charge on any atom is 0.339 e. The SMILES string of the molecule is COC(=O)C=C[C@]12COC(C)(C)[C@@H]1[C@@H](O)[C@H](OC(C)=O)[C@]1(C)[C@H]2CC[C@@]2(C)[C@@H](c3ccoc3)OC(=O)[C@@H]3O[C@]312. The number of carbonyl (C=O) groups excluding carboxylic acids is 3. The minimum absolute atomic E-state index is 0.231. The highest BCUT2D eigenvalue weighted by molar-refractivity contribution is 5.83. The Bertz CT molecular complexity index is 1240. The van der Waals surface area contributed by atoms with E-state index in [9.17, 15) is 19.5 Å². The topological polar surface area (TPSA) is 134 Å². The fourth-order valence-corrected chi connectivity index (χ4v) is 9.39.